The summed E-state index contributed by atoms with van der Waals surface area (Å²) in [5.74, 6) is 1.98. The lowest BCUT2D eigenvalue weighted by Gasteiger charge is -2.24. The van der Waals surface area contributed by atoms with E-state index < -0.39 is 0 Å². The standard InChI is InChI=1S/C17H21N3O.C7H12O.C7H16/c1-12-14(7-15(8-20-12)13(2)21)5-6-17(3,4)16-9-18-11-19-10-16;1-2-3-7(8)6-4-5-6;1-4-6-7(3)5-2/h7-11H,5-6H2,1-4H3;6H,2-5H2,1H3;7H,4-6H2,1-3H3/t;;7-/m..1/s1. The molecule has 0 radical (unpaired) electrons. The number of pyridine rings is 1. The van der Waals surface area contributed by atoms with Crippen LogP contribution in [0.4, 0.5) is 0 Å². The predicted octanol–water partition coefficient (Wildman–Crippen LogP) is 7.89. The normalized spacial score (nSPS) is 13.6. The Morgan fingerprint density at radius 3 is 2.17 bits per heavy atom. The van der Waals surface area contributed by atoms with Gasteiger partial charge >= 0.3 is 0 Å². The van der Waals surface area contributed by atoms with Crippen LogP contribution < -0.4 is 0 Å². The van der Waals surface area contributed by atoms with E-state index in [4.69, 9.17) is 0 Å². The van der Waals surface area contributed by atoms with Crippen LogP contribution in [0.2, 0.25) is 0 Å². The molecule has 2 heterocycles. The number of rotatable bonds is 11. The maximum absolute atomic E-state index is 11.5. The van der Waals surface area contributed by atoms with Crippen molar-refractivity contribution in [3.05, 3.63) is 53.4 Å². The molecular formula is C31H49N3O2. The van der Waals surface area contributed by atoms with Crippen molar-refractivity contribution >= 4 is 11.6 Å². The molecule has 1 atom stereocenters. The van der Waals surface area contributed by atoms with Crippen LogP contribution in [0.25, 0.3) is 0 Å². The van der Waals surface area contributed by atoms with E-state index in [1.165, 1.54) is 32.1 Å². The SMILES string of the molecule is CC(=O)c1cnc(C)c(CCC(C)(C)c2cncnc2)c1.CCCC(=O)C1CC1.CCC[C@H](C)CC. The Morgan fingerprint density at radius 1 is 1.06 bits per heavy atom. The summed E-state index contributed by atoms with van der Waals surface area (Å²) >= 11 is 0. The Balaban J connectivity index is 0.000000353. The van der Waals surface area contributed by atoms with Gasteiger partial charge in [0.1, 0.15) is 12.1 Å². The lowest BCUT2D eigenvalue weighted by molar-refractivity contribution is -0.120. The van der Waals surface area contributed by atoms with Crippen LogP contribution in [0.15, 0.2) is 31.0 Å². The Morgan fingerprint density at radius 2 is 1.69 bits per heavy atom. The van der Waals surface area contributed by atoms with Crippen molar-refractivity contribution in [2.45, 2.75) is 119 Å². The predicted molar refractivity (Wildman–Crippen MR) is 149 cm³/mol. The molecule has 0 aliphatic heterocycles. The Kier molecular flexibility index (Phi) is 14.3. The molecule has 200 valence electrons. The fourth-order valence-electron chi connectivity index (χ4n) is 3.82. The van der Waals surface area contributed by atoms with Crippen LogP contribution in [0.1, 0.15) is 127 Å². The average molecular weight is 496 g/mol. The van der Waals surface area contributed by atoms with E-state index in [1.807, 2.05) is 25.4 Å². The first-order chi connectivity index (χ1) is 17.0. The van der Waals surface area contributed by atoms with Gasteiger partial charge in [-0.2, -0.15) is 0 Å². The van der Waals surface area contributed by atoms with Gasteiger partial charge in [0.25, 0.3) is 0 Å². The van der Waals surface area contributed by atoms with Gasteiger partial charge < -0.3 is 0 Å². The summed E-state index contributed by atoms with van der Waals surface area (Å²) in [4.78, 5) is 34.8. The molecule has 3 rings (SSSR count). The number of aryl methyl sites for hydroxylation is 2. The van der Waals surface area contributed by atoms with Gasteiger partial charge in [-0.05, 0) is 74.5 Å². The minimum absolute atomic E-state index is 0.0140. The highest BCUT2D eigenvalue weighted by Crippen LogP contribution is 2.31. The first-order valence-corrected chi connectivity index (χ1v) is 13.8. The van der Waals surface area contributed by atoms with Crippen LogP contribution in [0.3, 0.4) is 0 Å². The molecule has 0 bridgehead atoms. The zero-order chi connectivity index (χ0) is 27.1. The van der Waals surface area contributed by atoms with Crippen molar-refractivity contribution in [3.8, 4) is 0 Å². The minimum Gasteiger partial charge on any atom is -0.299 e. The van der Waals surface area contributed by atoms with Crippen molar-refractivity contribution in [1.29, 1.82) is 0 Å². The Hall–Kier alpha value is -2.43. The largest absolute Gasteiger partial charge is 0.299 e. The molecule has 1 saturated carbocycles. The number of carbonyl (C=O) groups is 2. The highest BCUT2D eigenvalue weighted by Gasteiger charge is 2.28. The van der Waals surface area contributed by atoms with E-state index in [1.54, 1.807) is 19.4 Å². The Bertz CT molecular complexity index is 921. The lowest BCUT2D eigenvalue weighted by Crippen LogP contribution is -2.19. The van der Waals surface area contributed by atoms with E-state index in [2.05, 4.69) is 56.5 Å². The molecule has 5 heteroatoms. The molecule has 1 aliphatic rings. The summed E-state index contributed by atoms with van der Waals surface area (Å²) in [6.45, 7) is 16.8. The molecule has 1 fully saturated rings. The van der Waals surface area contributed by atoms with Gasteiger partial charge in [-0.15, -0.1) is 0 Å². The molecule has 0 N–H and O–H groups in total. The topological polar surface area (TPSA) is 72.8 Å². The molecule has 0 spiro atoms. The molecule has 0 saturated heterocycles. The highest BCUT2D eigenvalue weighted by atomic mass is 16.1. The summed E-state index contributed by atoms with van der Waals surface area (Å²) < 4.78 is 0. The van der Waals surface area contributed by atoms with Crippen molar-refractivity contribution in [1.82, 2.24) is 15.0 Å². The summed E-state index contributed by atoms with van der Waals surface area (Å²) in [6.07, 6.45) is 17.0. The number of Topliss-reactive ketones (excluding diaryl/α,β-unsaturated/α-hetero) is 2. The summed E-state index contributed by atoms with van der Waals surface area (Å²) in [5.41, 5.74) is 3.91. The van der Waals surface area contributed by atoms with Crippen molar-refractivity contribution in [3.63, 3.8) is 0 Å². The van der Waals surface area contributed by atoms with Gasteiger partial charge in [-0.25, -0.2) is 9.97 Å². The van der Waals surface area contributed by atoms with Crippen LogP contribution >= 0.6 is 0 Å². The number of aromatic nitrogens is 3. The number of carbonyl (C=O) groups excluding carboxylic acids is 2. The third-order valence-electron chi connectivity index (χ3n) is 6.97. The number of hydrogen-bond acceptors (Lipinski definition) is 5. The first kappa shape index (κ1) is 31.6. The summed E-state index contributed by atoms with van der Waals surface area (Å²) in [7, 11) is 0. The zero-order valence-corrected chi connectivity index (χ0v) is 24.1. The molecule has 0 unspecified atom stereocenters. The maximum Gasteiger partial charge on any atom is 0.161 e. The van der Waals surface area contributed by atoms with E-state index in [0.29, 0.717) is 17.3 Å². The molecule has 0 amide bonds. The number of ketones is 2. The van der Waals surface area contributed by atoms with Crippen LogP contribution in [-0.4, -0.2) is 26.5 Å². The molecule has 5 nitrogen and oxygen atoms in total. The summed E-state index contributed by atoms with van der Waals surface area (Å²) in [6, 6.07) is 1.96. The summed E-state index contributed by atoms with van der Waals surface area (Å²) in [5, 5.41) is 0. The Labute approximate surface area is 220 Å². The second-order valence-electron chi connectivity index (χ2n) is 10.8. The lowest BCUT2D eigenvalue weighted by atomic mass is 9.81. The zero-order valence-electron chi connectivity index (χ0n) is 24.1. The quantitative estimate of drug-likeness (QED) is 0.296. The first-order valence-electron chi connectivity index (χ1n) is 13.8. The van der Waals surface area contributed by atoms with Crippen molar-refractivity contribution < 1.29 is 9.59 Å². The number of nitrogens with zero attached hydrogens (tertiary/aromatic N) is 3. The smallest absolute Gasteiger partial charge is 0.161 e. The van der Waals surface area contributed by atoms with Gasteiger partial charge in [-0.3, -0.25) is 14.6 Å². The maximum atomic E-state index is 11.5. The molecule has 1 aliphatic carbocycles. The highest BCUT2D eigenvalue weighted by molar-refractivity contribution is 5.93. The van der Waals surface area contributed by atoms with Crippen LogP contribution in [0.5, 0.6) is 0 Å². The third kappa shape index (κ3) is 12.0. The fourth-order valence-corrected chi connectivity index (χ4v) is 3.82. The second-order valence-corrected chi connectivity index (χ2v) is 10.8. The van der Waals surface area contributed by atoms with E-state index in [0.717, 1.165) is 48.4 Å². The van der Waals surface area contributed by atoms with Crippen molar-refractivity contribution in [2.24, 2.45) is 11.8 Å². The van der Waals surface area contributed by atoms with Gasteiger partial charge in [0.2, 0.25) is 0 Å². The molecule has 36 heavy (non-hydrogen) atoms. The second kappa shape index (κ2) is 16.3. The van der Waals surface area contributed by atoms with E-state index in [9.17, 15) is 9.59 Å². The van der Waals surface area contributed by atoms with Gasteiger partial charge in [0.05, 0.1) is 0 Å². The van der Waals surface area contributed by atoms with Gasteiger partial charge in [0, 0.05) is 42.2 Å². The molecular weight excluding hydrogens is 446 g/mol. The molecule has 2 aromatic heterocycles. The van der Waals surface area contributed by atoms with Crippen LogP contribution in [-0.2, 0) is 16.6 Å². The molecule has 2 aromatic rings. The minimum atomic E-state index is -0.0140. The fraction of sp³-hybridized carbons (Fsp3) is 0.645. The third-order valence-corrected chi connectivity index (χ3v) is 6.97. The molecule has 0 aromatic carbocycles. The number of hydrogen-bond donors (Lipinski definition) is 0. The van der Waals surface area contributed by atoms with E-state index >= 15 is 0 Å². The average Bonchev–Trinajstić information content (AvgIpc) is 3.71. The van der Waals surface area contributed by atoms with E-state index in [-0.39, 0.29) is 11.2 Å². The van der Waals surface area contributed by atoms with Gasteiger partial charge in [0.15, 0.2) is 5.78 Å². The van der Waals surface area contributed by atoms with Gasteiger partial charge in [-0.1, -0.05) is 60.8 Å². The van der Waals surface area contributed by atoms with Crippen LogP contribution in [0, 0.1) is 18.8 Å². The monoisotopic (exact) mass is 495 g/mol. The van der Waals surface area contributed by atoms with Crippen molar-refractivity contribution in [2.75, 3.05) is 0 Å².